The van der Waals surface area contributed by atoms with Crippen molar-refractivity contribution < 1.29 is 43.5 Å². The van der Waals surface area contributed by atoms with Crippen molar-refractivity contribution in [2.24, 2.45) is 44.6 Å². The minimum absolute atomic E-state index is 0.00537. The molecule has 370 valence electrons. The highest BCUT2D eigenvalue weighted by molar-refractivity contribution is 7.98. The van der Waals surface area contributed by atoms with Gasteiger partial charge in [0.2, 0.25) is 41.4 Å². The summed E-state index contributed by atoms with van der Waals surface area (Å²) in [6.45, 7) is 6.78. The van der Waals surface area contributed by atoms with Crippen LogP contribution in [0.25, 0.3) is 0 Å². The van der Waals surface area contributed by atoms with Gasteiger partial charge in [0.05, 0.1) is 12.6 Å². The molecule has 0 aliphatic carbocycles. The predicted molar refractivity (Wildman–Crippen MR) is 257 cm³/mol. The smallest absolute Gasteiger partial charge is 0.327 e. The fraction of sp³-hybridized carbons (Fsp3) is 0.744. The quantitative estimate of drug-likeness (QED) is 0.0153. The largest absolute Gasteiger partial charge is 0.480 e. The number of guanidine groups is 2. The van der Waals surface area contributed by atoms with E-state index in [1.807, 2.05) is 20.1 Å². The molecule has 1 heterocycles. The summed E-state index contributed by atoms with van der Waals surface area (Å²) in [7, 11) is 0. The Bertz CT molecular complexity index is 1680. The number of nitrogens with two attached hydrogens (primary N) is 5. The molecule has 23 nitrogen and oxygen atoms in total. The normalized spacial score (nSPS) is 16.6. The molecule has 1 saturated heterocycles. The van der Waals surface area contributed by atoms with Gasteiger partial charge in [-0.05, 0) is 89.6 Å². The van der Waals surface area contributed by atoms with E-state index in [4.69, 9.17) is 28.7 Å². The molecule has 1 rings (SSSR count). The van der Waals surface area contributed by atoms with E-state index < -0.39 is 101 Å². The Balaban J connectivity index is 3.43. The molecule has 1 aliphatic heterocycles. The van der Waals surface area contributed by atoms with Crippen LogP contribution in [0.2, 0.25) is 0 Å². The molecule has 0 bridgehead atoms. The number of carbonyl (C=O) groups is 8. The highest BCUT2D eigenvalue weighted by atomic mass is 32.2. The van der Waals surface area contributed by atoms with Crippen molar-refractivity contribution in [3.63, 3.8) is 0 Å². The number of aliphatic carboxylic acids is 1. The van der Waals surface area contributed by atoms with Gasteiger partial charge in [-0.2, -0.15) is 37.0 Å². The van der Waals surface area contributed by atoms with Crippen LogP contribution < -0.4 is 60.6 Å². The van der Waals surface area contributed by atoms with Gasteiger partial charge < -0.3 is 70.6 Å². The van der Waals surface area contributed by atoms with E-state index in [9.17, 15) is 43.5 Å². The first-order chi connectivity index (χ1) is 30.4. The number of carbonyl (C=O) groups excluding carboxylic acids is 7. The molecule has 1 aliphatic rings. The predicted octanol–water partition coefficient (Wildman–Crippen LogP) is -3.14. The summed E-state index contributed by atoms with van der Waals surface area (Å²) in [6, 6.07) is -8.07. The van der Waals surface area contributed by atoms with E-state index in [0.717, 1.165) is 0 Å². The van der Waals surface area contributed by atoms with Gasteiger partial charge in [-0.1, -0.05) is 13.8 Å². The summed E-state index contributed by atoms with van der Waals surface area (Å²) in [6.07, 6.45) is 4.14. The van der Waals surface area contributed by atoms with Crippen LogP contribution in [0.3, 0.4) is 0 Å². The summed E-state index contributed by atoms with van der Waals surface area (Å²) in [5.41, 5.74) is 28.0. The van der Waals surface area contributed by atoms with Gasteiger partial charge >= 0.3 is 5.97 Å². The molecule has 65 heavy (non-hydrogen) atoms. The Morgan fingerprint density at radius 2 is 1.31 bits per heavy atom. The van der Waals surface area contributed by atoms with Gasteiger partial charge in [0.1, 0.15) is 36.3 Å². The molecule has 7 atom stereocenters. The maximum Gasteiger partial charge on any atom is 0.327 e. The molecule has 0 spiro atoms. The van der Waals surface area contributed by atoms with Crippen molar-refractivity contribution >= 4 is 96.3 Å². The number of likely N-dealkylation sites (tertiary alicyclic amines) is 1. The zero-order valence-corrected chi connectivity index (χ0v) is 40.6. The zero-order chi connectivity index (χ0) is 49.4. The summed E-state index contributed by atoms with van der Waals surface area (Å²) in [5, 5.41) is 24.8. The number of carboxylic acid groups (broad SMARTS) is 1. The maximum atomic E-state index is 14.2. The van der Waals surface area contributed by atoms with Crippen LogP contribution in [0.5, 0.6) is 0 Å². The number of amides is 7. The van der Waals surface area contributed by atoms with Crippen LogP contribution in [0, 0.1) is 5.92 Å². The molecule has 0 aromatic carbocycles. The van der Waals surface area contributed by atoms with Gasteiger partial charge in [0, 0.05) is 30.1 Å². The number of thioether (sulfide) groups is 1. The molecule has 0 aromatic rings. The van der Waals surface area contributed by atoms with Gasteiger partial charge in [0.25, 0.3) is 0 Å². The van der Waals surface area contributed by atoms with E-state index in [1.165, 1.54) is 16.7 Å². The highest BCUT2D eigenvalue weighted by Gasteiger charge is 2.39. The second-order valence-corrected chi connectivity index (χ2v) is 19.1. The van der Waals surface area contributed by atoms with Crippen LogP contribution in [-0.4, -0.2) is 160 Å². The van der Waals surface area contributed by atoms with Gasteiger partial charge in [-0.3, -0.25) is 43.5 Å². The first-order valence-corrected chi connectivity index (χ1v) is 23.9. The van der Waals surface area contributed by atoms with Crippen LogP contribution in [0.15, 0.2) is 9.98 Å². The SMILES string of the molecule is CSCC[C@H](NC(=O)[C@H](N)C(C)(C)S)C(=O)N1CCCC[C@H]1C(=O)N[C@@H](CCCN=C(N)N)C(=O)N[C@@H](CC(C)C)C(=O)N[C@@H](CCCN=C(N)N)C(=O)NCC(=O)N[C@@H](CS)C(=O)O. The van der Waals surface area contributed by atoms with Gasteiger partial charge in [-0.25, -0.2) is 4.79 Å². The molecule has 0 aromatic heterocycles. The first kappa shape index (κ1) is 58.3. The third-order valence-electron chi connectivity index (χ3n) is 10.1. The third-order valence-corrected chi connectivity index (χ3v) is 11.4. The molecule has 0 unspecified atom stereocenters. The average molecular weight is 977 g/mol. The minimum atomic E-state index is -1.32. The Labute approximate surface area is 396 Å². The number of thiol groups is 2. The molecule has 0 radical (unpaired) electrons. The summed E-state index contributed by atoms with van der Waals surface area (Å²) in [5.74, 6) is -6.30. The summed E-state index contributed by atoms with van der Waals surface area (Å²) < 4.78 is -0.885. The topological polar surface area (TPSA) is 387 Å². The lowest BCUT2D eigenvalue weighted by atomic mass is 9.98. The molecular weight excluding hydrogens is 905 g/mol. The Kier molecular flexibility index (Phi) is 26.7. The molecule has 26 heteroatoms. The second kappa shape index (κ2) is 29.8. The maximum absolute atomic E-state index is 14.2. The fourth-order valence-electron chi connectivity index (χ4n) is 6.53. The molecule has 0 saturated carbocycles. The van der Waals surface area contributed by atoms with Gasteiger partial charge in [0.15, 0.2) is 11.9 Å². The number of aliphatic imine (C=N–C) groups is 2. The van der Waals surface area contributed by atoms with Crippen molar-refractivity contribution in [3.8, 4) is 0 Å². The Morgan fingerprint density at radius 1 is 0.769 bits per heavy atom. The molecular formula is C39H72N14O9S3. The summed E-state index contributed by atoms with van der Waals surface area (Å²) in [4.78, 5) is 116. The van der Waals surface area contributed by atoms with Crippen LogP contribution in [0.1, 0.15) is 85.5 Å². The van der Waals surface area contributed by atoms with Crippen molar-refractivity contribution in [3.05, 3.63) is 0 Å². The van der Waals surface area contributed by atoms with Crippen molar-refractivity contribution in [1.82, 2.24) is 36.8 Å². The number of nitrogens with zero attached hydrogens (tertiary/aromatic N) is 3. The second-order valence-electron chi connectivity index (χ2n) is 16.6. The number of carboxylic acids is 1. The van der Waals surface area contributed by atoms with E-state index in [2.05, 4.69) is 67.1 Å². The monoisotopic (exact) mass is 976 g/mol. The average Bonchev–Trinajstić information content (AvgIpc) is 3.23. The number of hydrogen-bond acceptors (Lipinski definition) is 14. The lowest BCUT2D eigenvalue weighted by Gasteiger charge is -2.38. The van der Waals surface area contributed by atoms with Crippen LogP contribution in [-0.2, 0) is 38.4 Å². The number of piperidine rings is 1. The molecule has 7 amide bonds. The molecule has 17 N–H and O–H groups in total. The van der Waals surface area contributed by atoms with Crippen LogP contribution >= 0.6 is 37.0 Å². The molecule has 1 fully saturated rings. The minimum Gasteiger partial charge on any atom is -0.480 e. The first-order valence-electron chi connectivity index (χ1n) is 21.4. The van der Waals surface area contributed by atoms with E-state index in [-0.39, 0.29) is 88.2 Å². The van der Waals surface area contributed by atoms with Gasteiger partial charge in [-0.15, -0.1) is 0 Å². The van der Waals surface area contributed by atoms with E-state index >= 15 is 0 Å². The standard InChI is InChI=1S/C39H72N14O9S3/c1-21(2)18-25(32(57)49-22(10-8-14-45-37(41)42)30(55)47-19-28(54)48-26(20-63)36(61)62)52-31(56)23(11-9-15-46-38(43)44)50-33(58)27-12-6-7-16-53(27)35(60)24(13-17-65-5)51-34(59)29(40)39(3,4)64/h21-27,29,63-64H,6-20,40H2,1-5H3,(H,47,55)(H,48,54)(H,49,57)(H,50,58)(H,51,59)(H,52,56)(H,61,62)(H4,41,42,45)(H4,43,44,46)/t22-,23-,24-,25-,26-,27-,29-/m0/s1. The van der Waals surface area contributed by atoms with Crippen molar-refractivity contribution in [2.45, 2.75) is 133 Å². The fourth-order valence-corrected chi connectivity index (χ4v) is 7.36. The highest BCUT2D eigenvalue weighted by Crippen LogP contribution is 2.21. The number of hydrogen-bond donors (Lipinski definition) is 14. The Morgan fingerprint density at radius 3 is 1.82 bits per heavy atom. The van der Waals surface area contributed by atoms with Crippen molar-refractivity contribution in [1.29, 1.82) is 0 Å². The Hall–Kier alpha value is -4.69. The van der Waals surface area contributed by atoms with Crippen molar-refractivity contribution in [2.75, 3.05) is 43.9 Å². The third kappa shape index (κ3) is 22.4. The van der Waals surface area contributed by atoms with Crippen LogP contribution in [0.4, 0.5) is 0 Å². The zero-order valence-electron chi connectivity index (χ0n) is 38.0. The lowest BCUT2D eigenvalue weighted by Crippen LogP contribution is -2.62. The van der Waals surface area contributed by atoms with E-state index in [0.29, 0.717) is 18.6 Å². The van der Waals surface area contributed by atoms with E-state index in [1.54, 1.807) is 13.8 Å². The number of nitrogens with one attached hydrogen (secondary N) is 6. The summed E-state index contributed by atoms with van der Waals surface area (Å²) >= 11 is 9.81. The number of rotatable bonds is 29. The lowest BCUT2D eigenvalue weighted by molar-refractivity contribution is -0.146.